The number of hydrogen-bond acceptors (Lipinski definition) is 2. The summed E-state index contributed by atoms with van der Waals surface area (Å²) < 4.78 is 5.28. The van der Waals surface area contributed by atoms with Gasteiger partial charge in [0.15, 0.2) is 5.78 Å². The molecule has 0 heterocycles. The fraction of sp³-hybridized carbons (Fsp3) is 0.211. The van der Waals surface area contributed by atoms with Crippen molar-refractivity contribution in [2.45, 2.75) is 12.8 Å². The number of ketones is 1. The van der Waals surface area contributed by atoms with E-state index in [9.17, 15) is 4.79 Å². The molecule has 21 heavy (non-hydrogen) atoms. The summed E-state index contributed by atoms with van der Waals surface area (Å²) in [5.74, 6) is 7.00. The predicted octanol–water partition coefficient (Wildman–Crippen LogP) is 3.71. The highest BCUT2D eigenvalue weighted by atomic mass is 16.5. The van der Waals surface area contributed by atoms with Gasteiger partial charge in [-0.15, -0.1) is 0 Å². The van der Waals surface area contributed by atoms with Gasteiger partial charge in [0.2, 0.25) is 0 Å². The molecule has 104 valence electrons. The minimum atomic E-state index is -0.523. The van der Waals surface area contributed by atoms with Gasteiger partial charge in [-0.25, -0.2) is 0 Å². The van der Waals surface area contributed by atoms with Crippen LogP contribution in [-0.4, -0.2) is 12.9 Å². The normalized spacial score (nSPS) is 14.7. The van der Waals surface area contributed by atoms with Crippen molar-refractivity contribution in [2.75, 3.05) is 7.11 Å². The lowest BCUT2D eigenvalue weighted by Crippen LogP contribution is -2.15. The molecule has 0 amide bonds. The first-order valence-corrected chi connectivity index (χ1v) is 7.01. The number of methoxy groups -OCH3 is 1. The molecule has 2 nitrogen and oxygen atoms in total. The molecule has 3 rings (SSSR count). The maximum atomic E-state index is 12.7. The van der Waals surface area contributed by atoms with Crippen LogP contribution in [0.15, 0.2) is 54.6 Å². The van der Waals surface area contributed by atoms with Gasteiger partial charge in [0, 0.05) is 5.56 Å². The number of hydrogen-bond donors (Lipinski definition) is 0. The van der Waals surface area contributed by atoms with Gasteiger partial charge in [-0.1, -0.05) is 42.2 Å². The van der Waals surface area contributed by atoms with Crippen LogP contribution in [0.5, 0.6) is 5.75 Å². The molecule has 0 N–H and O–H groups in total. The standard InChI is InChI=1S/C19H16O2/c1-21-17-10-6-5-9-16(17)18(20)19(13-14-19)12-11-15-7-3-2-4-8-15/h2-10H,13-14H2,1H3. The van der Waals surface area contributed by atoms with Crippen LogP contribution in [-0.2, 0) is 0 Å². The van der Waals surface area contributed by atoms with Gasteiger partial charge in [0.05, 0.1) is 18.1 Å². The third kappa shape index (κ3) is 2.68. The maximum absolute atomic E-state index is 12.7. The van der Waals surface area contributed by atoms with Gasteiger partial charge in [-0.3, -0.25) is 4.79 Å². The van der Waals surface area contributed by atoms with Crippen LogP contribution >= 0.6 is 0 Å². The monoisotopic (exact) mass is 276 g/mol. The van der Waals surface area contributed by atoms with Gasteiger partial charge < -0.3 is 4.74 Å². The largest absolute Gasteiger partial charge is 0.496 e. The Morgan fingerprint density at radius 1 is 1.05 bits per heavy atom. The minimum absolute atomic E-state index is 0.0726. The average Bonchev–Trinajstić information content (AvgIpc) is 3.34. The zero-order valence-corrected chi connectivity index (χ0v) is 11.9. The molecule has 1 aliphatic rings. The van der Waals surface area contributed by atoms with E-state index >= 15 is 0 Å². The van der Waals surface area contributed by atoms with E-state index in [-0.39, 0.29) is 5.78 Å². The molecular weight excluding hydrogens is 260 g/mol. The number of carbonyl (C=O) groups is 1. The van der Waals surface area contributed by atoms with Crippen molar-refractivity contribution < 1.29 is 9.53 Å². The van der Waals surface area contributed by atoms with Crippen molar-refractivity contribution in [3.8, 4) is 17.6 Å². The zero-order chi connectivity index (χ0) is 14.7. The summed E-state index contributed by atoms with van der Waals surface area (Å²) in [6.45, 7) is 0. The molecule has 0 saturated heterocycles. The summed E-state index contributed by atoms with van der Waals surface area (Å²) in [6.07, 6.45) is 1.65. The number of para-hydroxylation sites is 1. The van der Waals surface area contributed by atoms with Crippen molar-refractivity contribution in [3.63, 3.8) is 0 Å². The fourth-order valence-electron chi connectivity index (χ4n) is 2.34. The van der Waals surface area contributed by atoms with Crippen LogP contribution in [0.2, 0.25) is 0 Å². The number of ether oxygens (including phenoxy) is 1. The van der Waals surface area contributed by atoms with Crippen molar-refractivity contribution in [2.24, 2.45) is 5.41 Å². The first-order valence-electron chi connectivity index (χ1n) is 7.01. The van der Waals surface area contributed by atoms with E-state index in [4.69, 9.17) is 4.74 Å². The van der Waals surface area contributed by atoms with Gasteiger partial charge in [-0.05, 0) is 37.1 Å². The molecule has 0 spiro atoms. The maximum Gasteiger partial charge on any atom is 0.184 e. The lowest BCUT2D eigenvalue weighted by molar-refractivity contribution is 0.0932. The van der Waals surface area contributed by atoms with Crippen molar-refractivity contribution >= 4 is 5.78 Å². The first kappa shape index (κ1) is 13.5. The van der Waals surface area contributed by atoms with Gasteiger partial charge in [0.1, 0.15) is 5.75 Å². The lowest BCUT2D eigenvalue weighted by atomic mass is 9.94. The molecule has 0 aromatic heterocycles. The molecule has 0 atom stereocenters. The van der Waals surface area contributed by atoms with E-state index in [0.29, 0.717) is 11.3 Å². The summed E-state index contributed by atoms with van der Waals surface area (Å²) in [5, 5.41) is 0. The molecular formula is C19H16O2. The van der Waals surface area contributed by atoms with E-state index in [1.54, 1.807) is 7.11 Å². The van der Waals surface area contributed by atoms with Gasteiger partial charge in [0.25, 0.3) is 0 Å². The molecule has 0 bridgehead atoms. The Kier molecular flexibility index (Phi) is 3.50. The van der Waals surface area contributed by atoms with Crippen LogP contribution < -0.4 is 4.74 Å². The summed E-state index contributed by atoms with van der Waals surface area (Å²) in [6, 6.07) is 17.1. The molecule has 0 radical (unpaired) electrons. The topological polar surface area (TPSA) is 26.3 Å². The summed E-state index contributed by atoms with van der Waals surface area (Å²) in [7, 11) is 1.58. The molecule has 2 aromatic carbocycles. The van der Waals surface area contributed by atoms with E-state index in [1.807, 2.05) is 54.6 Å². The van der Waals surface area contributed by atoms with Crippen LogP contribution in [0.3, 0.4) is 0 Å². The van der Waals surface area contributed by atoms with Crippen molar-refractivity contribution in [1.82, 2.24) is 0 Å². The number of Topliss-reactive ketones (excluding diaryl/α,β-unsaturated/α-hetero) is 1. The van der Waals surface area contributed by atoms with E-state index in [1.165, 1.54) is 0 Å². The number of carbonyl (C=O) groups excluding carboxylic acids is 1. The Bertz CT molecular complexity index is 716. The Hall–Kier alpha value is -2.53. The van der Waals surface area contributed by atoms with Crippen LogP contribution in [0.25, 0.3) is 0 Å². The molecule has 2 aromatic rings. The van der Waals surface area contributed by atoms with Crippen LogP contribution in [0.1, 0.15) is 28.8 Å². The first-order chi connectivity index (χ1) is 10.2. The molecule has 1 fully saturated rings. The van der Waals surface area contributed by atoms with Crippen LogP contribution in [0, 0.1) is 17.3 Å². The SMILES string of the molecule is COc1ccccc1C(=O)C1(C#Cc2ccccc2)CC1. The smallest absolute Gasteiger partial charge is 0.184 e. The third-order valence-corrected chi connectivity index (χ3v) is 3.76. The molecule has 1 aliphatic carbocycles. The summed E-state index contributed by atoms with van der Waals surface area (Å²) in [4.78, 5) is 12.7. The Morgan fingerprint density at radius 2 is 1.71 bits per heavy atom. The highest BCUT2D eigenvalue weighted by Crippen LogP contribution is 2.48. The molecule has 1 saturated carbocycles. The number of rotatable bonds is 3. The molecule has 0 aliphatic heterocycles. The summed E-state index contributed by atoms with van der Waals surface area (Å²) >= 11 is 0. The average molecular weight is 276 g/mol. The Morgan fingerprint density at radius 3 is 2.38 bits per heavy atom. The van der Waals surface area contributed by atoms with E-state index in [0.717, 1.165) is 18.4 Å². The number of benzene rings is 2. The lowest BCUT2D eigenvalue weighted by Gasteiger charge is -2.10. The highest BCUT2D eigenvalue weighted by molar-refractivity contribution is 6.06. The molecule has 2 heteroatoms. The van der Waals surface area contributed by atoms with Crippen LogP contribution in [0.4, 0.5) is 0 Å². The second-order valence-electron chi connectivity index (χ2n) is 5.23. The zero-order valence-electron chi connectivity index (χ0n) is 11.9. The minimum Gasteiger partial charge on any atom is -0.496 e. The van der Waals surface area contributed by atoms with E-state index in [2.05, 4.69) is 11.8 Å². The van der Waals surface area contributed by atoms with Gasteiger partial charge in [-0.2, -0.15) is 0 Å². The molecule has 0 unspecified atom stereocenters. The second-order valence-corrected chi connectivity index (χ2v) is 5.23. The summed E-state index contributed by atoms with van der Waals surface area (Å²) in [5.41, 5.74) is 1.04. The van der Waals surface area contributed by atoms with Gasteiger partial charge >= 0.3 is 0 Å². The Labute approximate surface area is 124 Å². The van der Waals surface area contributed by atoms with Crippen molar-refractivity contribution in [1.29, 1.82) is 0 Å². The highest BCUT2D eigenvalue weighted by Gasteiger charge is 2.49. The predicted molar refractivity (Wildman–Crippen MR) is 82.3 cm³/mol. The van der Waals surface area contributed by atoms with E-state index < -0.39 is 5.41 Å². The quantitative estimate of drug-likeness (QED) is 0.631. The fourth-order valence-corrected chi connectivity index (χ4v) is 2.34. The Balaban J connectivity index is 1.90. The third-order valence-electron chi connectivity index (χ3n) is 3.76. The van der Waals surface area contributed by atoms with Crippen molar-refractivity contribution in [3.05, 3.63) is 65.7 Å². The second kappa shape index (κ2) is 5.46.